The minimum absolute atomic E-state index is 0.00392. The van der Waals surface area contributed by atoms with Crippen molar-refractivity contribution < 1.29 is 4.39 Å². The van der Waals surface area contributed by atoms with Crippen LogP contribution in [0.3, 0.4) is 0 Å². The van der Waals surface area contributed by atoms with Gasteiger partial charge in [-0.2, -0.15) is 10.4 Å². The van der Waals surface area contributed by atoms with Gasteiger partial charge in [0.15, 0.2) is 5.82 Å². The van der Waals surface area contributed by atoms with Gasteiger partial charge in [-0.1, -0.05) is 19.9 Å². The van der Waals surface area contributed by atoms with Crippen molar-refractivity contribution in [3.63, 3.8) is 0 Å². The van der Waals surface area contributed by atoms with Crippen molar-refractivity contribution in [3.8, 4) is 6.07 Å². The summed E-state index contributed by atoms with van der Waals surface area (Å²) in [5, 5.41) is 16.3. The molecule has 0 fully saturated rings. The molecule has 0 saturated heterocycles. The summed E-state index contributed by atoms with van der Waals surface area (Å²) < 4.78 is 15.3. The zero-order chi connectivity index (χ0) is 14.5. The average molecular weight is 272 g/mol. The molecule has 4 nitrogen and oxygen atoms in total. The molecule has 0 bridgehead atoms. The van der Waals surface area contributed by atoms with E-state index in [0.29, 0.717) is 17.4 Å². The molecule has 1 aromatic heterocycles. The fourth-order valence-electron chi connectivity index (χ4n) is 1.82. The van der Waals surface area contributed by atoms with E-state index < -0.39 is 5.82 Å². The Bertz CT molecular complexity index is 625. The maximum Gasteiger partial charge on any atom is 0.152 e. The molecule has 20 heavy (non-hydrogen) atoms. The third kappa shape index (κ3) is 3.35. The van der Waals surface area contributed by atoms with Gasteiger partial charge >= 0.3 is 0 Å². The summed E-state index contributed by atoms with van der Waals surface area (Å²) >= 11 is 0. The van der Waals surface area contributed by atoms with Gasteiger partial charge in [0.2, 0.25) is 0 Å². The van der Waals surface area contributed by atoms with Crippen LogP contribution in [0.15, 0.2) is 30.5 Å². The SMILES string of the molecule is CC(C)CCn1ccc(Nc2cccc(F)c2C#N)n1. The molecule has 0 aliphatic rings. The van der Waals surface area contributed by atoms with Crippen LogP contribution in [-0.4, -0.2) is 9.78 Å². The number of nitriles is 1. The summed E-state index contributed by atoms with van der Waals surface area (Å²) in [6.45, 7) is 5.16. The Morgan fingerprint density at radius 3 is 2.90 bits per heavy atom. The second-order valence-electron chi connectivity index (χ2n) is 5.05. The van der Waals surface area contributed by atoms with Gasteiger partial charge < -0.3 is 5.32 Å². The number of hydrogen-bond acceptors (Lipinski definition) is 3. The molecule has 0 spiro atoms. The molecule has 104 valence electrons. The summed E-state index contributed by atoms with van der Waals surface area (Å²) in [6.07, 6.45) is 2.92. The number of anilines is 2. The van der Waals surface area contributed by atoms with Crippen LogP contribution in [0.2, 0.25) is 0 Å². The Morgan fingerprint density at radius 1 is 1.40 bits per heavy atom. The third-order valence-corrected chi connectivity index (χ3v) is 2.96. The lowest BCUT2D eigenvalue weighted by atomic mass is 10.1. The Hall–Kier alpha value is -2.35. The van der Waals surface area contributed by atoms with E-state index in [-0.39, 0.29) is 5.56 Å². The highest BCUT2D eigenvalue weighted by atomic mass is 19.1. The topological polar surface area (TPSA) is 53.6 Å². The number of nitrogens with one attached hydrogen (secondary N) is 1. The second kappa shape index (κ2) is 6.20. The van der Waals surface area contributed by atoms with Crippen molar-refractivity contribution in [2.24, 2.45) is 5.92 Å². The molecule has 0 radical (unpaired) electrons. The largest absolute Gasteiger partial charge is 0.338 e. The normalized spacial score (nSPS) is 10.6. The number of benzene rings is 1. The highest BCUT2D eigenvalue weighted by molar-refractivity contribution is 5.64. The number of halogens is 1. The molecule has 0 aliphatic carbocycles. The minimum atomic E-state index is -0.531. The van der Waals surface area contributed by atoms with E-state index in [0.717, 1.165) is 13.0 Å². The molecule has 0 saturated carbocycles. The maximum absolute atomic E-state index is 13.5. The minimum Gasteiger partial charge on any atom is -0.338 e. The number of rotatable bonds is 5. The van der Waals surface area contributed by atoms with Crippen molar-refractivity contribution in [2.75, 3.05) is 5.32 Å². The van der Waals surface area contributed by atoms with Crippen molar-refractivity contribution in [3.05, 3.63) is 41.8 Å². The summed E-state index contributed by atoms with van der Waals surface area (Å²) in [7, 11) is 0. The molecular weight excluding hydrogens is 255 g/mol. The van der Waals surface area contributed by atoms with Crippen LogP contribution in [0, 0.1) is 23.1 Å². The van der Waals surface area contributed by atoms with Gasteiger partial charge in [-0.3, -0.25) is 4.68 Å². The zero-order valence-corrected chi connectivity index (χ0v) is 11.6. The highest BCUT2D eigenvalue weighted by Crippen LogP contribution is 2.21. The lowest BCUT2D eigenvalue weighted by Crippen LogP contribution is -2.03. The van der Waals surface area contributed by atoms with Crippen LogP contribution in [0.5, 0.6) is 0 Å². The molecule has 1 heterocycles. The van der Waals surface area contributed by atoms with E-state index in [1.54, 1.807) is 12.1 Å². The number of nitrogens with zero attached hydrogens (tertiary/aromatic N) is 3. The number of hydrogen-bond donors (Lipinski definition) is 1. The van der Waals surface area contributed by atoms with Gasteiger partial charge in [-0.25, -0.2) is 4.39 Å². The average Bonchev–Trinajstić information content (AvgIpc) is 2.84. The first kappa shape index (κ1) is 14.1. The third-order valence-electron chi connectivity index (χ3n) is 2.96. The van der Waals surface area contributed by atoms with E-state index in [9.17, 15) is 4.39 Å². The first-order valence-corrected chi connectivity index (χ1v) is 6.59. The molecule has 5 heteroatoms. The van der Waals surface area contributed by atoms with Crippen LogP contribution in [0.4, 0.5) is 15.9 Å². The Kier molecular flexibility index (Phi) is 4.36. The van der Waals surface area contributed by atoms with Gasteiger partial charge in [0, 0.05) is 18.8 Å². The van der Waals surface area contributed by atoms with Gasteiger partial charge in [0.05, 0.1) is 5.69 Å². The Labute approximate surface area is 117 Å². The molecule has 0 unspecified atom stereocenters. The lowest BCUT2D eigenvalue weighted by molar-refractivity contribution is 0.488. The molecular formula is C15H17FN4. The monoisotopic (exact) mass is 272 g/mol. The standard InChI is InChI=1S/C15H17FN4/c1-11(2)6-8-20-9-7-15(19-20)18-14-5-3-4-13(16)12(14)10-17/h3-5,7,9,11H,6,8H2,1-2H3,(H,18,19). The first-order chi connectivity index (χ1) is 9.60. The van der Waals surface area contributed by atoms with Crippen LogP contribution in [-0.2, 0) is 6.54 Å². The Morgan fingerprint density at radius 2 is 2.20 bits per heavy atom. The van der Waals surface area contributed by atoms with Crippen LogP contribution in [0.1, 0.15) is 25.8 Å². The van der Waals surface area contributed by atoms with E-state index in [1.165, 1.54) is 6.07 Å². The number of aromatic nitrogens is 2. The van der Waals surface area contributed by atoms with Crippen LogP contribution >= 0.6 is 0 Å². The van der Waals surface area contributed by atoms with E-state index in [1.807, 2.05) is 23.0 Å². The van der Waals surface area contributed by atoms with Crippen molar-refractivity contribution in [1.82, 2.24) is 9.78 Å². The fourth-order valence-corrected chi connectivity index (χ4v) is 1.82. The predicted molar refractivity (Wildman–Crippen MR) is 76.1 cm³/mol. The summed E-state index contributed by atoms with van der Waals surface area (Å²) in [6, 6.07) is 8.16. The quantitative estimate of drug-likeness (QED) is 0.903. The van der Waals surface area contributed by atoms with E-state index in [4.69, 9.17) is 5.26 Å². The molecule has 1 aromatic carbocycles. The van der Waals surface area contributed by atoms with E-state index >= 15 is 0 Å². The van der Waals surface area contributed by atoms with Crippen LogP contribution < -0.4 is 5.32 Å². The fraction of sp³-hybridized carbons (Fsp3) is 0.333. The number of aryl methyl sites for hydroxylation is 1. The molecule has 0 atom stereocenters. The van der Waals surface area contributed by atoms with E-state index in [2.05, 4.69) is 24.3 Å². The van der Waals surface area contributed by atoms with Crippen molar-refractivity contribution in [2.45, 2.75) is 26.8 Å². The second-order valence-corrected chi connectivity index (χ2v) is 5.05. The summed E-state index contributed by atoms with van der Waals surface area (Å²) in [5.41, 5.74) is 0.436. The van der Waals surface area contributed by atoms with Crippen molar-refractivity contribution in [1.29, 1.82) is 5.26 Å². The lowest BCUT2D eigenvalue weighted by Gasteiger charge is -2.06. The summed E-state index contributed by atoms with van der Waals surface area (Å²) in [5.74, 6) is 0.691. The molecule has 1 N–H and O–H groups in total. The molecule has 0 aliphatic heterocycles. The summed E-state index contributed by atoms with van der Waals surface area (Å²) in [4.78, 5) is 0. The van der Waals surface area contributed by atoms with Gasteiger partial charge in [-0.15, -0.1) is 0 Å². The van der Waals surface area contributed by atoms with Crippen molar-refractivity contribution >= 4 is 11.5 Å². The molecule has 0 amide bonds. The maximum atomic E-state index is 13.5. The zero-order valence-electron chi connectivity index (χ0n) is 11.6. The predicted octanol–water partition coefficient (Wildman–Crippen LogP) is 3.68. The van der Waals surface area contributed by atoms with Crippen LogP contribution in [0.25, 0.3) is 0 Å². The smallest absolute Gasteiger partial charge is 0.152 e. The highest BCUT2D eigenvalue weighted by Gasteiger charge is 2.09. The molecule has 2 rings (SSSR count). The van der Waals surface area contributed by atoms with Gasteiger partial charge in [0.1, 0.15) is 17.4 Å². The first-order valence-electron chi connectivity index (χ1n) is 6.59. The van der Waals surface area contributed by atoms with Gasteiger partial charge in [-0.05, 0) is 24.5 Å². The molecule has 2 aromatic rings. The van der Waals surface area contributed by atoms with Gasteiger partial charge in [0.25, 0.3) is 0 Å². The Balaban J connectivity index is 2.11.